The lowest BCUT2D eigenvalue weighted by Crippen LogP contribution is -1.91. The van der Waals surface area contributed by atoms with Gasteiger partial charge in [0.25, 0.3) is 0 Å². The van der Waals surface area contributed by atoms with E-state index in [1.54, 1.807) is 24.3 Å². The third kappa shape index (κ3) is 2.76. The van der Waals surface area contributed by atoms with Crippen LogP contribution in [-0.2, 0) is 0 Å². The van der Waals surface area contributed by atoms with Crippen molar-refractivity contribution in [3.05, 3.63) is 33.5 Å². The second-order valence-electron chi connectivity index (χ2n) is 3.22. The molecule has 4 nitrogen and oxygen atoms in total. The van der Waals surface area contributed by atoms with Gasteiger partial charge in [0.15, 0.2) is 17.3 Å². The Morgan fingerprint density at radius 2 is 1.76 bits per heavy atom. The highest BCUT2D eigenvalue weighted by Crippen LogP contribution is 2.30. The maximum atomic E-state index is 9.69. The lowest BCUT2D eigenvalue weighted by molar-refractivity contribution is 0.373. The van der Waals surface area contributed by atoms with E-state index in [2.05, 4.69) is 41.8 Å². The van der Waals surface area contributed by atoms with Crippen molar-refractivity contribution >= 4 is 31.9 Å². The molecule has 6 heteroatoms. The number of aromatic hydroxyl groups is 1. The zero-order valence-corrected chi connectivity index (χ0v) is 12.0. The van der Waals surface area contributed by atoms with Crippen molar-refractivity contribution in [3.63, 3.8) is 0 Å². The van der Waals surface area contributed by atoms with Gasteiger partial charge < -0.3 is 9.84 Å². The molecule has 0 fully saturated rings. The zero-order valence-electron chi connectivity index (χ0n) is 8.82. The molecule has 0 bridgehead atoms. The first-order chi connectivity index (χ1) is 8.10. The molecule has 0 radical (unpaired) electrons. The third-order valence-corrected chi connectivity index (χ3v) is 2.91. The molecule has 0 spiro atoms. The van der Waals surface area contributed by atoms with E-state index in [1.807, 2.05) is 0 Å². The molecule has 1 aromatic carbocycles. The van der Waals surface area contributed by atoms with Gasteiger partial charge in [-0.2, -0.15) is 0 Å². The van der Waals surface area contributed by atoms with Crippen LogP contribution in [0.15, 0.2) is 33.5 Å². The molecule has 0 aliphatic rings. The van der Waals surface area contributed by atoms with E-state index in [9.17, 15) is 5.11 Å². The molecule has 1 heterocycles. The molecule has 0 saturated carbocycles. The van der Waals surface area contributed by atoms with Crippen molar-refractivity contribution in [2.45, 2.75) is 0 Å². The van der Waals surface area contributed by atoms with Gasteiger partial charge in [0, 0.05) is 11.6 Å². The molecular formula is C11H8Br2N2O2. The monoisotopic (exact) mass is 358 g/mol. The summed E-state index contributed by atoms with van der Waals surface area (Å²) in [6.45, 7) is 0. The standard InChI is InChI=1S/C11H8Br2N2O2/c1-17-8-3-2-6(4-7(8)16)11-14-9(12)5-10(13)15-11/h2-5,16H,1H3. The van der Waals surface area contributed by atoms with E-state index in [-0.39, 0.29) is 5.75 Å². The summed E-state index contributed by atoms with van der Waals surface area (Å²) in [6, 6.07) is 6.76. The summed E-state index contributed by atoms with van der Waals surface area (Å²) in [5.74, 6) is 0.997. The van der Waals surface area contributed by atoms with Gasteiger partial charge in [-0.3, -0.25) is 0 Å². The van der Waals surface area contributed by atoms with E-state index in [0.29, 0.717) is 26.3 Å². The van der Waals surface area contributed by atoms with Crippen LogP contribution in [0, 0.1) is 0 Å². The summed E-state index contributed by atoms with van der Waals surface area (Å²) in [5.41, 5.74) is 0.713. The van der Waals surface area contributed by atoms with E-state index in [4.69, 9.17) is 4.74 Å². The second-order valence-corrected chi connectivity index (χ2v) is 4.85. The van der Waals surface area contributed by atoms with Crippen LogP contribution in [0.5, 0.6) is 11.5 Å². The van der Waals surface area contributed by atoms with E-state index in [0.717, 1.165) is 0 Å². The molecule has 88 valence electrons. The molecule has 0 atom stereocenters. The van der Waals surface area contributed by atoms with Crippen LogP contribution in [0.4, 0.5) is 0 Å². The molecular weight excluding hydrogens is 352 g/mol. The molecule has 2 aromatic rings. The summed E-state index contributed by atoms with van der Waals surface area (Å²) in [7, 11) is 1.50. The Kier molecular flexibility index (Phi) is 3.63. The van der Waals surface area contributed by atoms with Crippen LogP contribution in [0.1, 0.15) is 0 Å². The Morgan fingerprint density at radius 1 is 1.12 bits per heavy atom. The minimum absolute atomic E-state index is 0.0599. The van der Waals surface area contributed by atoms with Crippen molar-refractivity contribution in [1.29, 1.82) is 0 Å². The number of phenols is 1. The van der Waals surface area contributed by atoms with Crippen LogP contribution in [-0.4, -0.2) is 22.2 Å². The number of ether oxygens (including phenoxy) is 1. The third-order valence-electron chi connectivity index (χ3n) is 2.10. The van der Waals surface area contributed by atoms with Crippen molar-refractivity contribution in [2.75, 3.05) is 7.11 Å². The van der Waals surface area contributed by atoms with Gasteiger partial charge in [0.05, 0.1) is 7.11 Å². The Balaban J connectivity index is 2.49. The topological polar surface area (TPSA) is 55.2 Å². The molecule has 0 aliphatic heterocycles. The van der Waals surface area contributed by atoms with Crippen LogP contribution in [0.25, 0.3) is 11.4 Å². The molecule has 1 N–H and O–H groups in total. The molecule has 0 amide bonds. The predicted octanol–water partition coefficient (Wildman–Crippen LogP) is 3.38. The SMILES string of the molecule is COc1ccc(-c2nc(Br)cc(Br)n2)cc1O. The number of aromatic nitrogens is 2. The van der Waals surface area contributed by atoms with Crippen molar-refractivity contribution < 1.29 is 9.84 Å². The highest BCUT2D eigenvalue weighted by molar-refractivity contribution is 9.11. The van der Waals surface area contributed by atoms with Gasteiger partial charge in [-0.05, 0) is 50.1 Å². The summed E-state index contributed by atoms with van der Waals surface area (Å²) < 4.78 is 6.32. The maximum Gasteiger partial charge on any atom is 0.161 e. The fourth-order valence-corrected chi connectivity index (χ4v) is 2.43. The van der Waals surface area contributed by atoms with Crippen molar-refractivity contribution in [3.8, 4) is 22.9 Å². The number of benzene rings is 1. The largest absolute Gasteiger partial charge is 0.504 e. The molecule has 17 heavy (non-hydrogen) atoms. The zero-order chi connectivity index (χ0) is 12.4. The molecule has 1 aromatic heterocycles. The maximum absolute atomic E-state index is 9.69. The van der Waals surface area contributed by atoms with Gasteiger partial charge in [0.2, 0.25) is 0 Å². The number of phenolic OH excluding ortho intramolecular Hbond substituents is 1. The average molecular weight is 360 g/mol. The van der Waals surface area contributed by atoms with Crippen molar-refractivity contribution in [2.24, 2.45) is 0 Å². The Bertz CT molecular complexity index is 541. The lowest BCUT2D eigenvalue weighted by Gasteiger charge is -2.06. The smallest absolute Gasteiger partial charge is 0.161 e. The van der Waals surface area contributed by atoms with Crippen LogP contribution in [0.2, 0.25) is 0 Å². The first kappa shape index (κ1) is 12.3. The number of rotatable bonds is 2. The quantitative estimate of drug-likeness (QED) is 0.835. The highest BCUT2D eigenvalue weighted by atomic mass is 79.9. The first-order valence-corrected chi connectivity index (χ1v) is 6.26. The van der Waals surface area contributed by atoms with E-state index < -0.39 is 0 Å². The summed E-state index contributed by atoms with van der Waals surface area (Å²) in [4.78, 5) is 8.45. The first-order valence-electron chi connectivity index (χ1n) is 4.67. The summed E-state index contributed by atoms with van der Waals surface area (Å²) in [6.07, 6.45) is 0. The highest BCUT2D eigenvalue weighted by Gasteiger charge is 2.08. The van der Waals surface area contributed by atoms with Crippen molar-refractivity contribution in [1.82, 2.24) is 9.97 Å². The number of hydrogen-bond acceptors (Lipinski definition) is 4. The fraction of sp³-hybridized carbons (Fsp3) is 0.0909. The summed E-state index contributed by atoms with van der Waals surface area (Å²) in [5, 5.41) is 9.69. The van der Waals surface area contributed by atoms with E-state index in [1.165, 1.54) is 7.11 Å². The second kappa shape index (κ2) is 5.01. The minimum atomic E-state index is 0.0599. The molecule has 2 rings (SSSR count). The number of hydrogen-bond donors (Lipinski definition) is 1. The van der Waals surface area contributed by atoms with Gasteiger partial charge in [-0.25, -0.2) is 9.97 Å². The van der Waals surface area contributed by atoms with Crippen LogP contribution in [0.3, 0.4) is 0 Å². The van der Waals surface area contributed by atoms with Crippen LogP contribution < -0.4 is 4.74 Å². The van der Waals surface area contributed by atoms with Gasteiger partial charge in [0.1, 0.15) is 9.21 Å². The fourth-order valence-electron chi connectivity index (χ4n) is 1.35. The lowest BCUT2D eigenvalue weighted by atomic mass is 10.2. The summed E-state index contributed by atoms with van der Waals surface area (Å²) >= 11 is 6.58. The number of methoxy groups -OCH3 is 1. The number of nitrogens with zero attached hydrogens (tertiary/aromatic N) is 2. The average Bonchev–Trinajstić information content (AvgIpc) is 2.27. The number of halogens is 2. The Labute approximate surface area is 115 Å². The van der Waals surface area contributed by atoms with Gasteiger partial charge in [-0.1, -0.05) is 0 Å². The van der Waals surface area contributed by atoms with E-state index >= 15 is 0 Å². The van der Waals surface area contributed by atoms with Crippen LogP contribution >= 0.6 is 31.9 Å². The molecule has 0 saturated heterocycles. The minimum Gasteiger partial charge on any atom is -0.504 e. The molecule has 0 aliphatic carbocycles. The van der Waals surface area contributed by atoms with Gasteiger partial charge >= 0.3 is 0 Å². The van der Waals surface area contributed by atoms with Gasteiger partial charge in [-0.15, -0.1) is 0 Å². The molecule has 0 unspecified atom stereocenters. The normalized spacial score (nSPS) is 10.3. The Hall–Kier alpha value is -1.14. The Morgan fingerprint density at radius 3 is 2.29 bits per heavy atom. The predicted molar refractivity (Wildman–Crippen MR) is 71.1 cm³/mol.